The highest BCUT2D eigenvalue weighted by molar-refractivity contribution is 5.94. The van der Waals surface area contributed by atoms with Gasteiger partial charge in [-0.05, 0) is 25.0 Å². The summed E-state index contributed by atoms with van der Waals surface area (Å²) in [4.78, 5) is 26.6. The zero-order valence-corrected chi connectivity index (χ0v) is 16.8. The smallest absolute Gasteiger partial charge is 0.307 e. The molecule has 9 heteroatoms. The third-order valence-corrected chi connectivity index (χ3v) is 6.50. The highest BCUT2D eigenvalue weighted by Gasteiger charge is 2.58. The summed E-state index contributed by atoms with van der Waals surface area (Å²) < 4.78 is 10.6. The van der Waals surface area contributed by atoms with Crippen LogP contribution in [0.5, 0.6) is 0 Å². The fourth-order valence-corrected chi connectivity index (χ4v) is 5.03. The number of ether oxygens (including phenoxy) is 2. The first kappa shape index (κ1) is 20.2. The van der Waals surface area contributed by atoms with E-state index in [1.807, 2.05) is 18.2 Å². The van der Waals surface area contributed by atoms with Crippen molar-refractivity contribution in [2.75, 3.05) is 20.2 Å². The van der Waals surface area contributed by atoms with Crippen molar-refractivity contribution in [3.05, 3.63) is 47.4 Å². The minimum Gasteiger partial charge on any atom is -0.469 e. The van der Waals surface area contributed by atoms with E-state index in [2.05, 4.69) is 16.9 Å². The molecule has 4 N–H and O–H groups in total. The van der Waals surface area contributed by atoms with Crippen LogP contribution in [0, 0.1) is 22.7 Å². The number of allylic oxidation sites excluding steroid dienone is 1. The number of methoxy groups -OCH3 is 1. The number of hydrazine groups is 1. The average Bonchev–Trinajstić information content (AvgIpc) is 3.17. The molecule has 3 aliphatic heterocycles. The second-order valence-corrected chi connectivity index (χ2v) is 7.91. The number of esters is 1. The molecule has 2 saturated heterocycles. The van der Waals surface area contributed by atoms with Gasteiger partial charge in [0.1, 0.15) is 6.07 Å². The van der Waals surface area contributed by atoms with Crippen LogP contribution in [0.25, 0.3) is 0 Å². The summed E-state index contributed by atoms with van der Waals surface area (Å²) in [6, 6.07) is 11.1. The van der Waals surface area contributed by atoms with Crippen LogP contribution >= 0.6 is 0 Å². The maximum absolute atomic E-state index is 12.9. The normalized spacial score (nSPS) is 27.2. The van der Waals surface area contributed by atoms with E-state index in [4.69, 9.17) is 15.2 Å². The molecule has 1 amide bonds. The fourth-order valence-electron chi connectivity index (χ4n) is 5.03. The lowest BCUT2D eigenvalue weighted by Crippen LogP contribution is -2.55. The first-order chi connectivity index (χ1) is 14.5. The Morgan fingerprint density at radius 1 is 1.30 bits per heavy atom. The van der Waals surface area contributed by atoms with E-state index in [1.165, 1.54) is 7.11 Å². The van der Waals surface area contributed by atoms with Crippen molar-refractivity contribution in [1.82, 2.24) is 15.8 Å². The molecule has 1 aromatic carbocycles. The molecule has 1 aromatic rings. The van der Waals surface area contributed by atoms with E-state index in [9.17, 15) is 14.9 Å². The number of nitrogens with two attached hydrogens (primary N) is 1. The second-order valence-electron chi connectivity index (χ2n) is 7.91. The number of nitrogens with one attached hydrogen (secondary N) is 2. The lowest BCUT2D eigenvalue weighted by Gasteiger charge is -2.50. The van der Waals surface area contributed by atoms with E-state index in [0.29, 0.717) is 37.1 Å². The molecule has 3 aliphatic rings. The van der Waals surface area contributed by atoms with Gasteiger partial charge in [-0.2, -0.15) is 5.26 Å². The maximum Gasteiger partial charge on any atom is 0.307 e. The number of benzene rings is 1. The molecule has 0 radical (unpaired) electrons. The molecule has 0 saturated carbocycles. The molecule has 1 spiro atoms. The molecule has 0 bridgehead atoms. The quantitative estimate of drug-likeness (QED) is 0.617. The molecular formula is C21H25N5O4. The predicted octanol–water partition coefficient (Wildman–Crippen LogP) is 0.615. The number of likely N-dealkylation sites (tertiary alicyclic amines) is 1. The van der Waals surface area contributed by atoms with Gasteiger partial charge in [-0.1, -0.05) is 18.2 Å². The van der Waals surface area contributed by atoms with Gasteiger partial charge >= 0.3 is 5.97 Å². The second kappa shape index (κ2) is 7.97. The van der Waals surface area contributed by atoms with Crippen LogP contribution in [0.15, 0.2) is 41.8 Å². The summed E-state index contributed by atoms with van der Waals surface area (Å²) in [7, 11) is 1.35. The number of fused-ring (bicyclic) bond motifs is 2. The summed E-state index contributed by atoms with van der Waals surface area (Å²) in [5.74, 6) is -0.469. The van der Waals surface area contributed by atoms with Crippen molar-refractivity contribution in [3.63, 3.8) is 0 Å². The number of nitriles is 1. The number of carbonyl (C=O) groups is 2. The molecule has 3 unspecified atom stereocenters. The number of hydrogen-bond acceptors (Lipinski definition) is 8. The van der Waals surface area contributed by atoms with Gasteiger partial charge in [0, 0.05) is 36.0 Å². The first-order valence-corrected chi connectivity index (χ1v) is 9.99. The van der Waals surface area contributed by atoms with E-state index < -0.39 is 11.6 Å². The molecule has 0 aliphatic carbocycles. The van der Waals surface area contributed by atoms with Gasteiger partial charge < -0.3 is 20.1 Å². The number of rotatable bonds is 3. The number of nitrogens with zero attached hydrogens (tertiary/aromatic N) is 2. The Morgan fingerprint density at radius 3 is 2.63 bits per heavy atom. The number of piperidine rings is 1. The molecule has 3 heterocycles. The highest BCUT2D eigenvalue weighted by atomic mass is 16.5. The van der Waals surface area contributed by atoms with Crippen molar-refractivity contribution < 1.29 is 19.1 Å². The molecule has 0 aromatic heterocycles. The molecule has 2 fully saturated rings. The number of hydrogen-bond donors (Lipinski definition) is 3. The van der Waals surface area contributed by atoms with Crippen LogP contribution in [-0.4, -0.2) is 49.2 Å². The predicted molar refractivity (Wildman–Crippen MR) is 106 cm³/mol. The van der Waals surface area contributed by atoms with Crippen molar-refractivity contribution in [1.29, 1.82) is 5.26 Å². The summed E-state index contributed by atoms with van der Waals surface area (Å²) in [6.07, 6.45) is 0.788. The van der Waals surface area contributed by atoms with Crippen molar-refractivity contribution >= 4 is 11.9 Å². The number of amides is 1. The SMILES string of the molecule is COC(=O)CC1NNC2OC(N)=C(C#N)C3(CCN(C(=O)c4ccccc4)CC3)C12. The van der Waals surface area contributed by atoms with Gasteiger partial charge in [-0.3, -0.25) is 15.0 Å². The number of carbonyl (C=O) groups excluding carboxylic acids is 2. The van der Waals surface area contributed by atoms with Crippen LogP contribution in [0.4, 0.5) is 0 Å². The van der Waals surface area contributed by atoms with Gasteiger partial charge in [0.2, 0.25) is 5.88 Å². The third-order valence-electron chi connectivity index (χ3n) is 6.50. The van der Waals surface area contributed by atoms with E-state index in [1.54, 1.807) is 17.0 Å². The van der Waals surface area contributed by atoms with Gasteiger partial charge in [0.15, 0.2) is 6.23 Å². The van der Waals surface area contributed by atoms with E-state index >= 15 is 0 Å². The zero-order chi connectivity index (χ0) is 21.3. The van der Waals surface area contributed by atoms with Crippen LogP contribution in [0.1, 0.15) is 29.6 Å². The third kappa shape index (κ3) is 3.28. The Bertz CT molecular complexity index is 902. The summed E-state index contributed by atoms with van der Waals surface area (Å²) >= 11 is 0. The average molecular weight is 411 g/mol. The largest absolute Gasteiger partial charge is 0.469 e. The minimum absolute atomic E-state index is 0.0294. The maximum atomic E-state index is 12.9. The Morgan fingerprint density at radius 2 is 2.00 bits per heavy atom. The van der Waals surface area contributed by atoms with Crippen molar-refractivity contribution in [3.8, 4) is 6.07 Å². The summed E-state index contributed by atoms with van der Waals surface area (Å²) in [5.41, 5.74) is 12.7. The first-order valence-electron chi connectivity index (χ1n) is 9.99. The van der Waals surface area contributed by atoms with Gasteiger partial charge in [-0.25, -0.2) is 5.43 Å². The fraction of sp³-hybridized carbons (Fsp3) is 0.476. The lowest BCUT2D eigenvalue weighted by atomic mass is 9.60. The molecule has 9 nitrogen and oxygen atoms in total. The monoisotopic (exact) mass is 411 g/mol. The summed E-state index contributed by atoms with van der Waals surface area (Å²) in [5, 5.41) is 9.89. The van der Waals surface area contributed by atoms with Gasteiger partial charge in [0.25, 0.3) is 5.91 Å². The molecule has 4 rings (SSSR count). The van der Waals surface area contributed by atoms with E-state index in [0.717, 1.165) is 0 Å². The Hall–Kier alpha value is -3.09. The molecular weight excluding hydrogens is 386 g/mol. The Kier molecular flexibility index (Phi) is 5.37. The topological polar surface area (TPSA) is 130 Å². The van der Waals surface area contributed by atoms with Crippen molar-refractivity contribution in [2.24, 2.45) is 17.1 Å². The van der Waals surface area contributed by atoms with Gasteiger partial charge in [-0.15, -0.1) is 0 Å². The summed E-state index contributed by atoms with van der Waals surface area (Å²) in [6.45, 7) is 0.973. The van der Waals surface area contributed by atoms with Crippen LogP contribution < -0.4 is 16.6 Å². The molecule has 158 valence electrons. The molecule has 30 heavy (non-hydrogen) atoms. The van der Waals surface area contributed by atoms with Gasteiger partial charge in [0.05, 0.1) is 19.1 Å². The van der Waals surface area contributed by atoms with Crippen LogP contribution in [-0.2, 0) is 14.3 Å². The van der Waals surface area contributed by atoms with Crippen LogP contribution in [0.3, 0.4) is 0 Å². The molecule has 3 atom stereocenters. The standard InChI is InChI=1S/C21H25N5O4/c1-29-16(27)11-15-17-19(25-24-15)30-18(23)14(12-22)21(17)7-9-26(10-8-21)20(28)13-5-3-2-4-6-13/h2-6,15,17,19,24-25H,7-11,23H2,1H3. The van der Waals surface area contributed by atoms with E-state index in [-0.39, 0.29) is 36.1 Å². The van der Waals surface area contributed by atoms with Crippen molar-refractivity contribution in [2.45, 2.75) is 31.5 Å². The van der Waals surface area contributed by atoms with Crippen LogP contribution in [0.2, 0.25) is 0 Å². The Labute approximate surface area is 174 Å². The Balaban J connectivity index is 1.61. The lowest BCUT2D eigenvalue weighted by molar-refractivity contribution is -0.142. The highest BCUT2D eigenvalue weighted by Crippen LogP contribution is 2.53. The minimum atomic E-state index is -0.593. The zero-order valence-electron chi connectivity index (χ0n) is 16.8.